The van der Waals surface area contributed by atoms with Crippen molar-refractivity contribution in [2.24, 2.45) is 5.41 Å². The number of nitrogens with zero attached hydrogens (tertiary/aromatic N) is 1. The van der Waals surface area contributed by atoms with Crippen molar-refractivity contribution in [3.8, 4) is 17.2 Å². The van der Waals surface area contributed by atoms with Crippen LogP contribution in [0.1, 0.15) is 26.3 Å². The Kier molecular flexibility index (Phi) is 6.20. The van der Waals surface area contributed by atoms with Crippen molar-refractivity contribution in [1.82, 2.24) is 0 Å². The zero-order valence-corrected chi connectivity index (χ0v) is 18.1. The van der Waals surface area contributed by atoms with Crippen molar-refractivity contribution in [3.05, 3.63) is 42.0 Å². The van der Waals surface area contributed by atoms with Crippen LogP contribution in [0.2, 0.25) is 0 Å². The zero-order chi connectivity index (χ0) is 21.9. The van der Waals surface area contributed by atoms with Crippen LogP contribution in [0, 0.1) is 5.41 Å². The summed E-state index contributed by atoms with van der Waals surface area (Å²) in [5.74, 6) is 1.64. The molecule has 0 saturated carbocycles. The molecule has 1 aliphatic heterocycles. The molecule has 1 aliphatic rings. The largest absolute Gasteiger partial charge is 0.493 e. The minimum atomic E-state index is -0.619. The molecule has 2 aromatic rings. The second kappa shape index (κ2) is 8.65. The summed E-state index contributed by atoms with van der Waals surface area (Å²) in [6, 6.07) is 10.7. The molecule has 3 rings (SSSR count). The predicted molar refractivity (Wildman–Crippen MR) is 116 cm³/mol. The molecular weight excluding hydrogens is 384 g/mol. The molecule has 1 N–H and O–H groups in total. The van der Waals surface area contributed by atoms with Gasteiger partial charge in [-0.1, -0.05) is 6.07 Å². The van der Waals surface area contributed by atoms with E-state index in [2.05, 4.69) is 5.32 Å². The van der Waals surface area contributed by atoms with Gasteiger partial charge in [0.2, 0.25) is 11.8 Å². The quantitative estimate of drug-likeness (QED) is 0.784. The standard InChI is InChI=1S/C23H28N2O5/c1-6-25-17-13-16(8-10-18(17)30-14-23(2,3)22(25)27)24-21(26)12-15-7-9-19(28-4)20(11-15)29-5/h7-11,13H,6,12,14H2,1-5H3,(H,24,26). The number of methoxy groups -OCH3 is 2. The molecule has 7 heteroatoms. The lowest BCUT2D eigenvalue weighted by atomic mass is 9.93. The lowest BCUT2D eigenvalue weighted by Crippen LogP contribution is -2.42. The maximum atomic E-state index is 12.9. The Bertz CT molecular complexity index is 955. The highest BCUT2D eigenvalue weighted by Crippen LogP contribution is 2.38. The van der Waals surface area contributed by atoms with E-state index >= 15 is 0 Å². The third-order valence-corrected chi connectivity index (χ3v) is 5.07. The Balaban J connectivity index is 1.79. The van der Waals surface area contributed by atoms with Crippen LogP contribution in [0.25, 0.3) is 0 Å². The second-order valence-electron chi connectivity index (χ2n) is 7.82. The molecule has 2 aromatic carbocycles. The zero-order valence-electron chi connectivity index (χ0n) is 18.1. The van der Waals surface area contributed by atoms with Gasteiger partial charge in [-0.05, 0) is 56.7 Å². The van der Waals surface area contributed by atoms with E-state index in [1.807, 2.05) is 26.8 Å². The van der Waals surface area contributed by atoms with Crippen LogP contribution in [-0.4, -0.2) is 39.2 Å². The monoisotopic (exact) mass is 412 g/mol. The highest BCUT2D eigenvalue weighted by Gasteiger charge is 2.37. The fourth-order valence-corrected chi connectivity index (χ4v) is 3.42. The SMILES string of the molecule is CCN1C(=O)C(C)(C)COc2ccc(NC(=O)Cc3ccc(OC)c(OC)c3)cc21. The molecule has 1 heterocycles. The molecule has 0 atom stereocenters. The highest BCUT2D eigenvalue weighted by molar-refractivity contribution is 6.00. The number of carbonyl (C=O) groups excluding carboxylic acids is 2. The Morgan fingerprint density at radius 3 is 2.53 bits per heavy atom. The highest BCUT2D eigenvalue weighted by atomic mass is 16.5. The number of anilines is 2. The summed E-state index contributed by atoms with van der Waals surface area (Å²) in [6.07, 6.45) is 0.178. The van der Waals surface area contributed by atoms with Gasteiger partial charge in [-0.25, -0.2) is 0 Å². The molecule has 0 aromatic heterocycles. The van der Waals surface area contributed by atoms with Crippen molar-refractivity contribution in [2.45, 2.75) is 27.2 Å². The number of fused-ring (bicyclic) bond motifs is 1. The Morgan fingerprint density at radius 1 is 1.13 bits per heavy atom. The Labute approximate surface area is 176 Å². The van der Waals surface area contributed by atoms with Crippen molar-refractivity contribution in [3.63, 3.8) is 0 Å². The van der Waals surface area contributed by atoms with E-state index in [4.69, 9.17) is 14.2 Å². The molecule has 160 valence electrons. The fraction of sp³-hybridized carbons (Fsp3) is 0.391. The molecule has 0 saturated heterocycles. The first kappa shape index (κ1) is 21.5. The van der Waals surface area contributed by atoms with Gasteiger partial charge in [-0.3, -0.25) is 9.59 Å². The fourth-order valence-electron chi connectivity index (χ4n) is 3.42. The average Bonchev–Trinajstić information content (AvgIpc) is 2.82. The normalized spacial score (nSPS) is 15.0. The van der Waals surface area contributed by atoms with Crippen LogP contribution >= 0.6 is 0 Å². The van der Waals surface area contributed by atoms with Gasteiger partial charge in [0.25, 0.3) is 0 Å². The third kappa shape index (κ3) is 4.35. The average molecular weight is 412 g/mol. The number of carbonyl (C=O) groups is 2. The molecule has 7 nitrogen and oxygen atoms in total. The number of hydrogen-bond donors (Lipinski definition) is 1. The van der Waals surface area contributed by atoms with Crippen LogP contribution in [0.15, 0.2) is 36.4 Å². The number of hydrogen-bond acceptors (Lipinski definition) is 5. The number of nitrogens with one attached hydrogen (secondary N) is 1. The van der Waals surface area contributed by atoms with Crippen LogP contribution in [0.3, 0.4) is 0 Å². The van der Waals surface area contributed by atoms with E-state index < -0.39 is 5.41 Å². The van der Waals surface area contributed by atoms with Gasteiger partial charge < -0.3 is 24.4 Å². The number of amides is 2. The van der Waals surface area contributed by atoms with Crippen LogP contribution < -0.4 is 24.4 Å². The van der Waals surface area contributed by atoms with Gasteiger partial charge in [-0.15, -0.1) is 0 Å². The third-order valence-electron chi connectivity index (χ3n) is 5.07. The Hall–Kier alpha value is -3.22. The van der Waals surface area contributed by atoms with Gasteiger partial charge in [-0.2, -0.15) is 0 Å². The molecule has 30 heavy (non-hydrogen) atoms. The van der Waals surface area contributed by atoms with Gasteiger partial charge in [0.05, 0.1) is 31.7 Å². The molecule has 0 unspecified atom stereocenters. The van der Waals surface area contributed by atoms with Crippen molar-refractivity contribution in [2.75, 3.05) is 37.6 Å². The number of rotatable bonds is 6. The summed E-state index contributed by atoms with van der Waals surface area (Å²) in [5.41, 5.74) is 1.45. The van der Waals surface area contributed by atoms with E-state index in [9.17, 15) is 9.59 Å². The Morgan fingerprint density at radius 2 is 1.87 bits per heavy atom. The summed E-state index contributed by atoms with van der Waals surface area (Å²) in [7, 11) is 3.12. The number of ether oxygens (including phenoxy) is 3. The first-order valence-corrected chi connectivity index (χ1v) is 9.88. The van der Waals surface area contributed by atoms with Crippen molar-refractivity contribution >= 4 is 23.2 Å². The van der Waals surface area contributed by atoms with Crippen LogP contribution in [0.4, 0.5) is 11.4 Å². The van der Waals surface area contributed by atoms with E-state index in [1.54, 1.807) is 49.5 Å². The summed E-state index contributed by atoms with van der Waals surface area (Å²) in [4.78, 5) is 27.2. The van der Waals surface area contributed by atoms with Crippen LogP contribution in [0.5, 0.6) is 17.2 Å². The van der Waals surface area contributed by atoms with Crippen molar-refractivity contribution < 1.29 is 23.8 Å². The second-order valence-corrected chi connectivity index (χ2v) is 7.82. The van der Waals surface area contributed by atoms with E-state index in [0.717, 1.165) is 5.56 Å². The molecule has 0 aliphatic carbocycles. The van der Waals surface area contributed by atoms with E-state index in [1.165, 1.54) is 0 Å². The molecule has 2 amide bonds. The van der Waals surface area contributed by atoms with E-state index in [-0.39, 0.29) is 18.2 Å². The summed E-state index contributed by atoms with van der Waals surface area (Å²) in [6.45, 7) is 6.48. The number of benzene rings is 2. The smallest absolute Gasteiger partial charge is 0.236 e. The summed E-state index contributed by atoms with van der Waals surface area (Å²) in [5, 5.41) is 2.90. The molecular formula is C23H28N2O5. The van der Waals surface area contributed by atoms with Gasteiger partial charge in [0.15, 0.2) is 11.5 Å². The predicted octanol–water partition coefficient (Wildman–Crippen LogP) is 3.66. The molecule has 0 fully saturated rings. The lowest BCUT2D eigenvalue weighted by Gasteiger charge is -2.27. The van der Waals surface area contributed by atoms with Crippen molar-refractivity contribution in [1.29, 1.82) is 0 Å². The van der Waals surface area contributed by atoms with Gasteiger partial charge >= 0.3 is 0 Å². The summed E-state index contributed by atoms with van der Waals surface area (Å²) >= 11 is 0. The summed E-state index contributed by atoms with van der Waals surface area (Å²) < 4.78 is 16.4. The van der Waals surface area contributed by atoms with E-state index in [0.29, 0.717) is 41.8 Å². The first-order valence-electron chi connectivity index (χ1n) is 9.88. The lowest BCUT2D eigenvalue weighted by molar-refractivity contribution is -0.127. The van der Waals surface area contributed by atoms with Gasteiger partial charge in [0, 0.05) is 12.2 Å². The topological polar surface area (TPSA) is 77.1 Å². The first-order chi connectivity index (χ1) is 14.3. The maximum Gasteiger partial charge on any atom is 0.236 e. The maximum absolute atomic E-state index is 12.9. The molecule has 0 spiro atoms. The van der Waals surface area contributed by atoms with Gasteiger partial charge in [0.1, 0.15) is 12.4 Å². The van der Waals surface area contributed by atoms with Crippen LogP contribution in [-0.2, 0) is 16.0 Å². The minimum absolute atomic E-state index is 0.00226. The molecule has 0 bridgehead atoms. The minimum Gasteiger partial charge on any atom is -0.493 e. The molecule has 0 radical (unpaired) electrons.